The van der Waals surface area contributed by atoms with Crippen LogP contribution in [0.15, 0.2) is 0 Å². The molecule has 0 spiro atoms. The second kappa shape index (κ2) is 4.04. The first-order valence-electron chi connectivity index (χ1n) is 4.58. The lowest BCUT2D eigenvalue weighted by atomic mass is 10.1. The van der Waals surface area contributed by atoms with Gasteiger partial charge in [0.25, 0.3) is 0 Å². The molecule has 76 valence electrons. The highest BCUT2D eigenvalue weighted by Crippen LogP contribution is 2.25. The summed E-state index contributed by atoms with van der Waals surface area (Å²) in [6.45, 7) is 0. The number of hydrogen-bond acceptors (Lipinski definition) is 5. The van der Waals surface area contributed by atoms with Crippen molar-refractivity contribution in [2.45, 2.75) is 12.8 Å². The first-order valence-corrected chi connectivity index (χ1v) is 5.73. The fraction of sp³-hybridized carbons (Fsp3) is 0.556. The molecule has 14 heavy (non-hydrogen) atoms. The number of anilines is 1. The van der Waals surface area contributed by atoms with Gasteiger partial charge in [0.05, 0.1) is 12.8 Å². The van der Waals surface area contributed by atoms with E-state index < -0.39 is 0 Å². The van der Waals surface area contributed by atoms with Crippen molar-refractivity contribution in [1.29, 1.82) is 0 Å². The zero-order chi connectivity index (χ0) is 9.97. The molecule has 0 atom stereocenters. The number of fused-ring (bicyclic) bond motifs is 1. The first-order chi connectivity index (χ1) is 6.81. The Labute approximate surface area is 87.3 Å². The minimum atomic E-state index is 0.313. The third-order valence-corrected chi connectivity index (χ3v) is 3.23. The highest BCUT2D eigenvalue weighted by atomic mass is 32.2. The van der Waals surface area contributed by atoms with Crippen molar-refractivity contribution in [1.82, 2.24) is 9.97 Å². The van der Waals surface area contributed by atoms with E-state index in [-0.39, 0.29) is 0 Å². The van der Waals surface area contributed by atoms with E-state index in [1.807, 2.05) is 11.8 Å². The standard InChI is InChI=1S/C9H13N3OS/c1-13-8-6-2-4-14-5-3-7(6)11-9(10)12-8/h2-5H2,1H3,(H2,10,11,12). The highest BCUT2D eigenvalue weighted by Gasteiger charge is 2.16. The van der Waals surface area contributed by atoms with Crippen LogP contribution in [0.5, 0.6) is 5.88 Å². The zero-order valence-electron chi connectivity index (χ0n) is 8.12. The number of nitrogens with zero attached hydrogens (tertiary/aromatic N) is 2. The maximum Gasteiger partial charge on any atom is 0.223 e. The summed E-state index contributed by atoms with van der Waals surface area (Å²) in [4.78, 5) is 8.34. The summed E-state index contributed by atoms with van der Waals surface area (Å²) in [6.07, 6.45) is 1.94. The van der Waals surface area contributed by atoms with Crippen LogP contribution in [0.4, 0.5) is 5.95 Å². The van der Waals surface area contributed by atoms with Crippen LogP contribution in [0.2, 0.25) is 0 Å². The molecule has 1 aromatic rings. The zero-order valence-corrected chi connectivity index (χ0v) is 8.93. The summed E-state index contributed by atoms with van der Waals surface area (Å²) >= 11 is 1.93. The molecule has 4 nitrogen and oxygen atoms in total. The average molecular weight is 211 g/mol. The van der Waals surface area contributed by atoms with Gasteiger partial charge in [-0.25, -0.2) is 4.98 Å². The van der Waals surface area contributed by atoms with Crippen LogP contribution in [0.3, 0.4) is 0 Å². The van der Waals surface area contributed by atoms with Gasteiger partial charge < -0.3 is 10.5 Å². The van der Waals surface area contributed by atoms with E-state index in [2.05, 4.69) is 9.97 Å². The predicted octanol–water partition coefficient (Wildman–Crippen LogP) is 0.899. The number of nitrogens with two attached hydrogens (primary N) is 1. The molecule has 0 bridgehead atoms. The molecule has 0 amide bonds. The molecule has 0 saturated heterocycles. The molecular formula is C9H13N3OS. The van der Waals surface area contributed by atoms with Gasteiger partial charge in [-0.05, 0) is 24.3 Å². The SMILES string of the molecule is COc1nc(N)nc2c1CCSCC2. The number of nitrogen functional groups attached to an aromatic ring is 1. The number of rotatable bonds is 1. The molecule has 0 aliphatic carbocycles. The summed E-state index contributed by atoms with van der Waals surface area (Å²) in [5.41, 5.74) is 7.79. The van der Waals surface area contributed by atoms with Crippen molar-refractivity contribution in [3.63, 3.8) is 0 Å². The normalized spacial score (nSPS) is 15.8. The van der Waals surface area contributed by atoms with E-state index in [1.165, 1.54) is 0 Å². The minimum Gasteiger partial charge on any atom is -0.481 e. The molecule has 1 aliphatic rings. The second-order valence-corrected chi connectivity index (χ2v) is 4.35. The Morgan fingerprint density at radius 1 is 1.29 bits per heavy atom. The Kier molecular flexibility index (Phi) is 2.77. The number of aromatic nitrogens is 2. The number of aryl methyl sites for hydroxylation is 1. The number of hydrogen-bond donors (Lipinski definition) is 1. The molecule has 5 heteroatoms. The van der Waals surface area contributed by atoms with Crippen LogP contribution in [-0.2, 0) is 12.8 Å². The Morgan fingerprint density at radius 2 is 2.07 bits per heavy atom. The maximum atomic E-state index is 5.60. The van der Waals surface area contributed by atoms with E-state index in [9.17, 15) is 0 Å². The first kappa shape index (κ1) is 9.58. The fourth-order valence-corrected chi connectivity index (χ4v) is 2.49. The van der Waals surface area contributed by atoms with Gasteiger partial charge >= 0.3 is 0 Å². The monoisotopic (exact) mass is 211 g/mol. The smallest absolute Gasteiger partial charge is 0.223 e. The third kappa shape index (κ3) is 1.77. The van der Waals surface area contributed by atoms with E-state index in [4.69, 9.17) is 10.5 Å². The molecule has 0 fully saturated rings. The summed E-state index contributed by atoms with van der Waals surface area (Å²) in [5.74, 6) is 3.17. The van der Waals surface area contributed by atoms with Crippen LogP contribution in [0.25, 0.3) is 0 Å². The quantitative estimate of drug-likeness (QED) is 0.747. The molecule has 2 N–H and O–H groups in total. The molecule has 1 aromatic heterocycles. The van der Waals surface area contributed by atoms with Crippen molar-refractivity contribution < 1.29 is 4.74 Å². The largest absolute Gasteiger partial charge is 0.481 e. The van der Waals surface area contributed by atoms with Gasteiger partial charge in [-0.1, -0.05) is 0 Å². The van der Waals surface area contributed by atoms with Gasteiger partial charge in [0, 0.05) is 5.56 Å². The maximum absolute atomic E-state index is 5.60. The molecular weight excluding hydrogens is 198 g/mol. The summed E-state index contributed by atoms with van der Waals surface area (Å²) < 4.78 is 5.21. The summed E-state index contributed by atoms with van der Waals surface area (Å²) in [6, 6.07) is 0. The van der Waals surface area contributed by atoms with Crippen molar-refractivity contribution in [3.05, 3.63) is 11.3 Å². The lowest BCUT2D eigenvalue weighted by Crippen LogP contribution is -2.07. The van der Waals surface area contributed by atoms with Gasteiger partial charge in [-0.2, -0.15) is 16.7 Å². The van der Waals surface area contributed by atoms with Crippen molar-refractivity contribution in [2.24, 2.45) is 0 Å². The van der Waals surface area contributed by atoms with Crippen LogP contribution in [-0.4, -0.2) is 28.6 Å². The molecule has 0 aromatic carbocycles. The average Bonchev–Trinajstić information content (AvgIpc) is 2.41. The van der Waals surface area contributed by atoms with E-state index >= 15 is 0 Å². The van der Waals surface area contributed by atoms with Gasteiger partial charge in [0.1, 0.15) is 0 Å². The molecule has 0 saturated carbocycles. The van der Waals surface area contributed by atoms with Crippen LogP contribution < -0.4 is 10.5 Å². The molecule has 2 heterocycles. The topological polar surface area (TPSA) is 61.0 Å². The molecule has 1 aliphatic heterocycles. The molecule has 0 radical (unpaired) electrons. The Bertz CT molecular complexity index is 343. The fourth-order valence-electron chi connectivity index (χ4n) is 1.60. The van der Waals surface area contributed by atoms with Gasteiger partial charge in [-0.15, -0.1) is 0 Å². The Hall–Kier alpha value is -0.970. The van der Waals surface area contributed by atoms with Gasteiger partial charge in [-0.3, -0.25) is 0 Å². The van der Waals surface area contributed by atoms with Crippen LogP contribution >= 0.6 is 11.8 Å². The van der Waals surface area contributed by atoms with E-state index in [0.717, 1.165) is 35.6 Å². The lowest BCUT2D eigenvalue weighted by Gasteiger charge is -2.09. The Morgan fingerprint density at radius 3 is 2.86 bits per heavy atom. The predicted molar refractivity (Wildman–Crippen MR) is 57.7 cm³/mol. The van der Waals surface area contributed by atoms with Gasteiger partial charge in [0.15, 0.2) is 0 Å². The summed E-state index contributed by atoms with van der Waals surface area (Å²) in [7, 11) is 1.63. The number of thioether (sulfide) groups is 1. The van der Waals surface area contributed by atoms with Crippen LogP contribution in [0, 0.1) is 0 Å². The van der Waals surface area contributed by atoms with E-state index in [1.54, 1.807) is 7.11 Å². The van der Waals surface area contributed by atoms with Gasteiger partial charge in [0.2, 0.25) is 11.8 Å². The number of methoxy groups -OCH3 is 1. The second-order valence-electron chi connectivity index (χ2n) is 3.13. The van der Waals surface area contributed by atoms with Crippen molar-refractivity contribution in [3.8, 4) is 5.88 Å². The Balaban J connectivity index is 2.46. The molecule has 0 unspecified atom stereocenters. The summed E-state index contributed by atoms with van der Waals surface area (Å²) in [5, 5.41) is 0. The lowest BCUT2D eigenvalue weighted by molar-refractivity contribution is 0.392. The minimum absolute atomic E-state index is 0.313. The van der Waals surface area contributed by atoms with Crippen molar-refractivity contribution in [2.75, 3.05) is 24.3 Å². The van der Waals surface area contributed by atoms with Crippen molar-refractivity contribution >= 4 is 17.7 Å². The molecule has 2 rings (SSSR count). The number of ether oxygens (including phenoxy) is 1. The van der Waals surface area contributed by atoms with E-state index in [0.29, 0.717) is 11.8 Å². The third-order valence-electron chi connectivity index (χ3n) is 2.25. The van der Waals surface area contributed by atoms with Crippen LogP contribution in [0.1, 0.15) is 11.3 Å². The highest BCUT2D eigenvalue weighted by molar-refractivity contribution is 7.99.